The fraction of sp³-hybridized carbons (Fsp3) is 0.370. The Morgan fingerprint density at radius 2 is 1.49 bits per heavy atom. The largest absolute Gasteiger partial charge is 0.513 e. The van der Waals surface area contributed by atoms with Gasteiger partial charge in [0.15, 0.2) is 0 Å². The summed E-state index contributed by atoms with van der Waals surface area (Å²) in [5.74, 6) is 5.37. The first-order chi connectivity index (χ1) is 25.7. The van der Waals surface area contributed by atoms with Crippen molar-refractivity contribution in [3.63, 3.8) is 0 Å². The molecule has 0 saturated heterocycles. The number of allylic oxidation sites excluding steroid dienone is 9. The SMILES string of the molecule is C=C.C=CC(=O)OCCCCCOC(=O)Oc1ccc2cc(C(=O)OC(C)/C=C\C=C/C)ccc2c1.CC#CC(/C=C\C)=C/C=C/CC.CCCCC. The first kappa shape index (κ1) is 49.8. The third kappa shape index (κ3) is 27.0. The van der Waals surface area contributed by atoms with Gasteiger partial charge >= 0.3 is 18.1 Å². The minimum Gasteiger partial charge on any atom is -0.463 e. The number of rotatable bonds is 17. The standard InChI is InChI=1S/C27H30O7.C12H16.C5H12.C2H4/c1-4-6-8-11-20(3)33-26(29)23-13-12-22-19-24(15-14-21(22)18-23)34-27(30)32-17-10-7-9-16-31-25(28)5-2;1-4-7-8-11-12(9-5-2)10-6-3;1-3-5-4-2;1-2/h4-6,8,11-15,18-20H,2,7,9-10,16-17H2,1,3H3;5,7-9,11H,4H2,1-3H3;3-5H2,1-2H3;1-2H2/b6-4-,11-8-;8-7+,9-5-,12-11+;;. The molecule has 7 nitrogen and oxygen atoms in total. The van der Waals surface area contributed by atoms with Crippen LogP contribution in [0.5, 0.6) is 5.75 Å². The molecule has 1 atom stereocenters. The van der Waals surface area contributed by atoms with Crippen LogP contribution in [0.3, 0.4) is 0 Å². The van der Waals surface area contributed by atoms with E-state index < -0.39 is 18.1 Å². The number of carbonyl (C=O) groups excluding carboxylic acids is 3. The van der Waals surface area contributed by atoms with Gasteiger partial charge in [-0.1, -0.05) is 107 Å². The lowest BCUT2D eigenvalue weighted by molar-refractivity contribution is -0.137. The molecule has 0 N–H and O–H groups in total. The maximum Gasteiger partial charge on any atom is 0.513 e. The first-order valence-corrected chi connectivity index (χ1v) is 18.3. The normalized spacial score (nSPS) is 11.3. The molecule has 0 saturated carbocycles. The molecule has 0 aliphatic heterocycles. The number of ether oxygens (including phenoxy) is 4. The predicted octanol–water partition coefficient (Wildman–Crippen LogP) is 12.4. The van der Waals surface area contributed by atoms with E-state index in [1.807, 2.05) is 63.3 Å². The molecule has 0 bridgehead atoms. The van der Waals surface area contributed by atoms with Crippen molar-refractivity contribution in [3.8, 4) is 17.6 Å². The lowest BCUT2D eigenvalue weighted by Gasteiger charge is -2.10. The van der Waals surface area contributed by atoms with Gasteiger partial charge in [-0.25, -0.2) is 14.4 Å². The molecule has 1 unspecified atom stereocenters. The quantitative estimate of drug-likeness (QED) is 0.0234. The molecule has 2 aromatic carbocycles. The number of hydrogen-bond donors (Lipinski definition) is 0. The summed E-state index contributed by atoms with van der Waals surface area (Å²) < 4.78 is 20.6. The van der Waals surface area contributed by atoms with Crippen molar-refractivity contribution < 1.29 is 33.3 Å². The molecule has 0 heterocycles. The van der Waals surface area contributed by atoms with Crippen LogP contribution in [-0.2, 0) is 19.0 Å². The molecule has 53 heavy (non-hydrogen) atoms. The van der Waals surface area contributed by atoms with Crippen LogP contribution in [0.4, 0.5) is 4.79 Å². The summed E-state index contributed by atoms with van der Waals surface area (Å²) in [4.78, 5) is 35.2. The van der Waals surface area contributed by atoms with Crippen LogP contribution in [0.15, 0.2) is 122 Å². The zero-order chi connectivity index (χ0) is 40.1. The Morgan fingerprint density at radius 3 is 2.08 bits per heavy atom. The van der Waals surface area contributed by atoms with Gasteiger partial charge in [-0.3, -0.25) is 0 Å². The van der Waals surface area contributed by atoms with Crippen LogP contribution in [0.2, 0.25) is 0 Å². The van der Waals surface area contributed by atoms with Gasteiger partial charge in [0.2, 0.25) is 0 Å². The Balaban J connectivity index is 0. The molecule has 0 fully saturated rings. The second-order valence-corrected chi connectivity index (χ2v) is 11.1. The zero-order valence-corrected chi connectivity index (χ0v) is 33.2. The molecule has 0 aliphatic carbocycles. The Morgan fingerprint density at radius 1 is 0.830 bits per heavy atom. The van der Waals surface area contributed by atoms with E-state index in [9.17, 15) is 14.4 Å². The highest BCUT2D eigenvalue weighted by molar-refractivity contribution is 5.96. The minimum atomic E-state index is -0.794. The second kappa shape index (κ2) is 35.1. The number of fused-ring (bicyclic) bond motifs is 1. The maximum absolute atomic E-state index is 12.4. The summed E-state index contributed by atoms with van der Waals surface area (Å²) in [6.07, 6.45) is 24.7. The Bertz CT molecular complexity index is 1540. The van der Waals surface area contributed by atoms with Crippen LogP contribution < -0.4 is 4.74 Å². The lowest BCUT2D eigenvalue weighted by atomic mass is 10.1. The average molecular weight is 727 g/mol. The molecule has 0 spiro atoms. The molecule has 0 aliphatic rings. The fourth-order valence-corrected chi connectivity index (χ4v) is 4.04. The first-order valence-electron chi connectivity index (χ1n) is 18.3. The van der Waals surface area contributed by atoms with Gasteiger partial charge in [0, 0.05) is 11.6 Å². The summed E-state index contributed by atoms with van der Waals surface area (Å²) in [6, 6.07) is 10.3. The highest BCUT2D eigenvalue weighted by atomic mass is 16.7. The van der Waals surface area contributed by atoms with Crippen LogP contribution in [0.1, 0.15) is 104 Å². The molecular weight excluding hydrogens is 664 g/mol. The maximum atomic E-state index is 12.4. The molecule has 7 heteroatoms. The van der Waals surface area contributed by atoms with Gasteiger partial charge in [0.25, 0.3) is 0 Å². The molecule has 0 radical (unpaired) electrons. The summed E-state index contributed by atoms with van der Waals surface area (Å²) in [5.41, 5.74) is 1.50. The number of benzene rings is 2. The summed E-state index contributed by atoms with van der Waals surface area (Å²) in [7, 11) is 0. The summed E-state index contributed by atoms with van der Waals surface area (Å²) in [6.45, 7) is 23.9. The van der Waals surface area contributed by atoms with Gasteiger partial charge in [0.1, 0.15) is 11.9 Å². The Kier molecular flexibility index (Phi) is 32.9. The molecule has 0 amide bonds. The van der Waals surface area contributed by atoms with E-state index in [2.05, 4.69) is 58.4 Å². The van der Waals surface area contributed by atoms with Gasteiger partial charge in [-0.2, -0.15) is 0 Å². The van der Waals surface area contributed by atoms with Crippen LogP contribution in [0.25, 0.3) is 10.8 Å². The van der Waals surface area contributed by atoms with Crippen molar-refractivity contribution in [1.82, 2.24) is 0 Å². The topological polar surface area (TPSA) is 88.1 Å². The van der Waals surface area contributed by atoms with Gasteiger partial charge in [-0.05, 0) is 101 Å². The van der Waals surface area contributed by atoms with E-state index >= 15 is 0 Å². The molecular formula is C46H62O7. The van der Waals surface area contributed by atoms with Crippen molar-refractivity contribution >= 4 is 28.9 Å². The fourth-order valence-electron chi connectivity index (χ4n) is 4.04. The molecule has 288 valence electrons. The van der Waals surface area contributed by atoms with Crippen LogP contribution in [-0.4, -0.2) is 37.4 Å². The average Bonchev–Trinajstić information content (AvgIpc) is 3.16. The Labute approximate surface area is 319 Å². The van der Waals surface area contributed by atoms with Gasteiger partial charge in [-0.15, -0.1) is 19.1 Å². The van der Waals surface area contributed by atoms with E-state index in [1.54, 1.807) is 49.4 Å². The van der Waals surface area contributed by atoms with Crippen molar-refractivity contribution in [2.45, 2.75) is 99.5 Å². The second-order valence-electron chi connectivity index (χ2n) is 11.1. The number of esters is 2. The van der Waals surface area contributed by atoms with Gasteiger partial charge in [0.05, 0.1) is 18.8 Å². The van der Waals surface area contributed by atoms with Crippen molar-refractivity contribution in [2.24, 2.45) is 0 Å². The van der Waals surface area contributed by atoms with Crippen LogP contribution in [0, 0.1) is 11.8 Å². The third-order valence-corrected chi connectivity index (χ3v) is 6.62. The summed E-state index contributed by atoms with van der Waals surface area (Å²) in [5, 5.41) is 1.61. The molecule has 0 aromatic heterocycles. The van der Waals surface area contributed by atoms with E-state index in [0.717, 1.165) is 35.3 Å². The van der Waals surface area contributed by atoms with E-state index in [4.69, 9.17) is 18.9 Å². The van der Waals surface area contributed by atoms with Crippen molar-refractivity contribution in [2.75, 3.05) is 13.2 Å². The van der Waals surface area contributed by atoms with E-state index in [-0.39, 0.29) is 12.7 Å². The van der Waals surface area contributed by atoms with Gasteiger partial charge < -0.3 is 18.9 Å². The third-order valence-electron chi connectivity index (χ3n) is 6.62. The van der Waals surface area contributed by atoms with Crippen molar-refractivity contribution in [3.05, 3.63) is 128 Å². The monoisotopic (exact) mass is 726 g/mol. The molecule has 2 rings (SSSR count). The smallest absolute Gasteiger partial charge is 0.463 e. The van der Waals surface area contributed by atoms with Crippen LogP contribution >= 0.6 is 0 Å². The van der Waals surface area contributed by atoms with Crippen molar-refractivity contribution in [1.29, 1.82) is 0 Å². The minimum absolute atomic E-state index is 0.204. The number of carbonyl (C=O) groups is 3. The van der Waals surface area contributed by atoms with E-state index in [1.165, 1.54) is 19.3 Å². The summed E-state index contributed by atoms with van der Waals surface area (Å²) >= 11 is 0. The predicted molar refractivity (Wildman–Crippen MR) is 222 cm³/mol. The Hall–Kier alpha value is -5.35. The molecule has 2 aromatic rings. The van der Waals surface area contributed by atoms with E-state index in [0.29, 0.717) is 30.8 Å². The lowest BCUT2D eigenvalue weighted by Crippen LogP contribution is -2.13. The highest BCUT2D eigenvalue weighted by Crippen LogP contribution is 2.23. The number of hydrogen-bond acceptors (Lipinski definition) is 7. The zero-order valence-electron chi connectivity index (χ0n) is 33.2. The highest BCUT2D eigenvalue weighted by Gasteiger charge is 2.12. The number of unbranched alkanes of at least 4 members (excludes halogenated alkanes) is 4.